The van der Waals surface area contributed by atoms with Gasteiger partial charge in [0.25, 0.3) is 0 Å². The molecule has 1 unspecified atom stereocenters. The Morgan fingerprint density at radius 3 is 2.40 bits per heavy atom. The van der Waals surface area contributed by atoms with Crippen LogP contribution in [0.4, 0.5) is 0 Å². The number of halogens is 3. The molecule has 1 atom stereocenters. The van der Waals surface area contributed by atoms with Crippen molar-refractivity contribution in [3.63, 3.8) is 0 Å². The van der Waals surface area contributed by atoms with Crippen LogP contribution in [0.25, 0.3) is 0 Å². The summed E-state index contributed by atoms with van der Waals surface area (Å²) in [6.07, 6.45) is 3.74. The number of piperidine rings is 3. The standard InChI is InChI=1S/C9H13Cl3N2O/c10-9(11,12)6-13-15-8-5-14-3-1-7(8)2-4-14/h6-8H,1-5H2. The van der Waals surface area contributed by atoms with Gasteiger partial charge in [0.05, 0.1) is 6.21 Å². The zero-order valence-corrected chi connectivity index (χ0v) is 10.5. The van der Waals surface area contributed by atoms with Gasteiger partial charge in [0.15, 0.2) is 0 Å². The summed E-state index contributed by atoms with van der Waals surface area (Å²) in [5.74, 6) is 0.613. The van der Waals surface area contributed by atoms with Crippen LogP contribution in [0.2, 0.25) is 0 Å². The fourth-order valence-corrected chi connectivity index (χ4v) is 2.32. The van der Waals surface area contributed by atoms with Gasteiger partial charge in [-0.3, -0.25) is 4.90 Å². The van der Waals surface area contributed by atoms with Crippen molar-refractivity contribution in [3.8, 4) is 0 Å². The SMILES string of the molecule is ClC(Cl)(Cl)C=NOC1CN2CCC1CC2. The first kappa shape index (κ1) is 11.8. The first-order valence-corrected chi connectivity index (χ1v) is 6.17. The van der Waals surface area contributed by atoms with E-state index in [4.69, 9.17) is 39.6 Å². The molecule has 3 saturated heterocycles. The second-order valence-corrected chi connectivity index (χ2v) is 6.43. The third kappa shape index (κ3) is 3.38. The van der Waals surface area contributed by atoms with E-state index in [1.165, 1.54) is 32.1 Å². The van der Waals surface area contributed by atoms with Crippen LogP contribution in [0.1, 0.15) is 12.8 Å². The van der Waals surface area contributed by atoms with Crippen LogP contribution >= 0.6 is 34.8 Å². The van der Waals surface area contributed by atoms with Gasteiger partial charge in [-0.25, -0.2) is 0 Å². The molecule has 0 radical (unpaired) electrons. The van der Waals surface area contributed by atoms with Crippen LogP contribution in [0.5, 0.6) is 0 Å². The fourth-order valence-electron chi connectivity index (χ4n) is 2.20. The topological polar surface area (TPSA) is 24.8 Å². The van der Waals surface area contributed by atoms with Crippen LogP contribution < -0.4 is 0 Å². The Bertz CT molecular complexity index is 246. The minimum absolute atomic E-state index is 0.163. The molecule has 3 aliphatic heterocycles. The third-order valence-corrected chi connectivity index (χ3v) is 3.28. The number of alkyl halides is 3. The van der Waals surface area contributed by atoms with Gasteiger partial charge in [0, 0.05) is 12.5 Å². The second-order valence-electron chi connectivity index (χ2n) is 4.06. The molecular weight excluding hydrogens is 258 g/mol. The van der Waals surface area contributed by atoms with E-state index >= 15 is 0 Å². The van der Waals surface area contributed by atoms with Crippen LogP contribution in [-0.4, -0.2) is 40.6 Å². The minimum Gasteiger partial charge on any atom is -0.391 e. The summed E-state index contributed by atoms with van der Waals surface area (Å²) in [7, 11) is 0. The van der Waals surface area contributed by atoms with Crippen molar-refractivity contribution in [2.75, 3.05) is 19.6 Å². The highest BCUT2D eigenvalue weighted by Crippen LogP contribution is 2.30. The van der Waals surface area contributed by atoms with Crippen molar-refractivity contribution in [2.45, 2.75) is 22.7 Å². The maximum Gasteiger partial charge on any atom is 0.229 e. The van der Waals surface area contributed by atoms with Crippen molar-refractivity contribution in [1.29, 1.82) is 0 Å². The number of nitrogens with zero attached hydrogens (tertiary/aromatic N) is 2. The van der Waals surface area contributed by atoms with E-state index in [0.29, 0.717) is 5.92 Å². The van der Waals surface area contributed by atoms with Crippen molar-refractivity contribution in [3.05, 3.63) is 0 Å². The van der Waals surface area contributed by atoms with Crippen LogP contribution in [0.3, 0.4) is 0 Å². The molecule has 86 valence electrons. The van der Waals surface area contributed by atoms with E-state index in [-0.39, 0.29) is 6.10 Å². The molecule has 0 amide bonds. The van der Waals surface area contributed by atoms with Gasteiger partial charge in [-0.15, -0.1) is 0 Å². The molecule has 3 nitrogen and oxygen atoms in total. The summed E-state index contributed by atoms with van der Waals surface area (Å²) >= 11 is 16.6. The van der Waals surface area contributed by atoms with Gasteiger partial charge < -0.3 is 4.84 Å². The molecule has 3 heterocycles. The van der Waals surface area contributed by atoms with Crippen molar-refractivity contribution < 1.29 is 4.84 Å². The van der Waals surface area contributed by atoms with E-state index < -0.39 is 3.79 Å². The first-order valence-electron chi connectivity index (χ1n) is 5.04. The van der Waals surface area contributed by atoms with E-state index in [9.17, 15) is 0 Å². The Hall–Kier alpha value is 0.300. The van der Waals surface area contributed by atoms with Gasteiger partial charge in [-0.05, 0) is 25.9 Å². The highest BCUT2D eigenvalue weighted by molar-refractivity contribution is 6.74. The average molecular weight is 272 g/mol. The van der Waals surface area contributed by atoms with Crippen LogP contribution in [-0.2, 0) is 4.84 Å². The van der Waals surface area contributed by atoms with Gasteiger partial charge >= 0.3 is 0 Å². The lowest BCUT2D eigenvalue weighted by atomic mass is 9.86. The van der Waals surface area contributed by atoms with Gasteiger partial charge in [-0.1, -0.05) is 40.0 Å². The lowest BCUT2D eigenvalue weighted by Crippen LogP contribution is -2.50. The minimum atomic E-state index is -1.46. The number of rotatable bonds is 2. The van der Waals surface area contributed by atoms with E-state index in [0.717, 1.165) is 6.54 Å². The van der Waals surface area contributed by atoms with Gasteiger partial charge in [0.1, 0.15) is 6.10 Å². The molecule has 15 heavy (non-hydrogen) atoms. The summed E-state index contributed by atoms with van der Waals surface area (Å²) < 4.78 is -1.46. The summed E-state index contributed by atoms with van der Waals surface area (Å²) in [6.45, 7) is 3.30. The van der Waals surface area contributed by atoms with Crippen molar-refractivity contribution in [1.82, 2.24) is 4.90 Å². The predicted octanol–water partition coefficient (Wildman–Crippen LogP) is 2.45. The van der Waals surface area contributed by atoms with Crippen LogP contribution in [0, 0.1) is 5.92 Å². The number of fused-ring (bicyclic) bond motifs is 3. The smallest absolute Gasteiger partial charge is 0.229 e. The molecule has 3 fully saturated rings. The third-order valence-electron chi connectivity index (χ3n) is 2.99. The van der Waals surface area contributed by atoms with E-state index in [2.05, 4.69) is 10.1 Å². The largest absolute Gasteiger partial charge is 0.391 e. The summed E-state index contributed by atoms with van der Waals surface area (Å²) in [4.78, 5) is 7.75. The molecule has 6 heteroatoms. The fraction of sp³-hybridized carbons (Fsp3) is 0.889. The summed E-state index contributed by atoms with van der Waals surface area (Å²) in [6, 6.07) is 0. The molecule has 3 aliphatic rings. The quantitative estimate of drug-likeness (QED) is 0.438. The second kappa shape index (κ2) is 4.66. The Morgan fingerprint density at radius 1 is 1.27 bits per heavy atom. The number of oxime groups is 1. The number of hydrogen-bond acceptors (Lipinski definition) is 3. The van der Waals surface area contributed by atoms with E-state index in [1.807, 2.05) is 0 Å². The molecule has 0 aromatic heterocycles. The summed E-state index contributed by atoms with van der Waals surface area (Å²) in [5, 5.41) is 3.74. The lowest BCUT2D eigenvalue weighted by molar-refractivity contribution is -0.0676. The van der Waals surface area contributed by atoms with Crippen LogP contribution in [0.15, 0.2) is 5.16 Å². The molecule has 0 aromatic rings. The zero-order chi connectivity index (χ0) is 10.9. The van der Waals surface area contributed by atoms with Gasteiger partial charge in [0.2, 0.25) is 3.79 Å². The zero-order valence-electron chi connectivity index (χ0n) is 8.20. The molecule has 0 spiro atoms. The molecule has 2 bridgehead atoms. The Morgan fingerprint density at radius 2 is 1.93 bits per heavy atom. The molecule has 3 rings (SSSR count). The maximum atomic E-state index is 5.52. The highest BCUT2D eigenvalue weighted by atomic mass is 35.6. The molecule has 0 aromatic carbocycles. The monoisotopic (exact) mass is 270 g/mol. The maximum absolute atomic E-state index is 5.52. The Labute approximate surface area is 104 Å². The first-order chi connectivity index (χ1) is 7.04. The van der Waals surface area contributed by atoms with Crippen molar-refractivity contribution >= 4 is 41.0 Å². The van der Waals surface area contributed by atoms with Crippen molar-refractivity contribution in [2.24, 2.45) is 11.1 Å². The lowest BCUT2D eigenvalue weighted by Gasteiger charge is -2.42. The average Bonchev–Trinajstić information content (AvgIpc) is 2.17. The Balaban J connectivity index is 1.83. The normalized spacial score (nSPS) is 36.1. The highest BCUT2D eigenvalue weighted by Gasteiger charge is 2.35. The molecule has 0 aliphatic carbocycles. The summed E-state index contributed by atoms with van der Waals surface area (Å²) in [5.41, 5.74) is 0. The number of hydrogen-bond donors (Lipinski definition) is 0. The Kier molecular flexibility index (Phi) is 3.66. The molecule has 0 N–H and O–H groups in total. The van der Waals surface area contributed by atoms with Gasteiger partial charge in [-0.2, -0.15) is 0 Å². The predicted molar refractivity (Wildman–Crippen MR) is 62.8 cm³/mol. The molecular formula is C9H13Cl3N2O. The van der Waals surface area contributed by atoms with E-state index in [1.54, 1.807) is 0 Å². The molecule has 0 saturated carbocycles.